The van der Waals surface area contributed by atoms with Gasteiger partial charge in [0.1, 0.15) is 18.0 Å². The Balaban J connectivity index is 1.35. The van der Waals surface area contributed by atoms with Gasteiger partial charge in [-0.3, -0.25) is 14.4 Å². The van der Waals surface area contributed by atoms with E-state index in [0.29, 0.717) is 5.69 Å². The summed E-state index contributed by atoms with van der Waals surface area (Å²) in [6, 6.07) is 3.90. The van der Waals surface area contributed by atoms with Crippen LogP contribution in [0, 0.1) is 5.82 Å². The molecule has 0 saturated carbocycles. The molecule has 1 aromatic carbocycles. The fraction of sp³-hybridized carbons (Fsp3) is 0.333. The van der Waals surface area contributed by atoms with Gasteiger partial charge < -0.3 is 10.2 Å². The first-order chi connectivity index (χ1) is 13.5. The SMILES string of the molecule is Cn1ncc2c(N3CCN(CC(=O)Nc4ccc(F)cc4Cl)CC3)ncnc21. The van der Waals surface area contributed by atoms with Crippen molar-refractivity contribution in [2.45, 2.75) is 0 Å². The highest BCUT2D eigenvalue weighted by atomic mass is 35.5. The van der Waals surface area contributed by atoms with Crippen molar-refractivity contribution in [3.05, 3.63) is 41.6 Å². The number of carbonyl (C=O) groups is 1. The van der Waals surface area contributed by atoms with E-state index in [9.17, 15) is 9.18 Å². The van der Waals surface area contributed by atoms with Crippen LogP contribution >= 0.6 is 11.6 Å². The third-order valence-corrected chi connectivity index (χ3v) is 5.07. The molecule has 3 heterocycles. The maximum atomic E-state index is 13.1. The highest BCUT2D eigenvalue weighted by molar-refractivity contribution is 6.33. The number of carbonyl (C=O) groups excluding carboxylic acids is 1. The minimum atomic E-state index is -0.438. The zero-order chi connectivity index (χ0) is 19.7. The molecule has 10 heteroatoms. The van der Waals surface area contributed by atoms with Crippen molar-refractivity contribution in [1.29, 1.82) is 0 Å². The van der Waals surface area contributed by atoms with E-state index < -0.39 is 5.82 Å². The number of nitrogens with one attached hydrogen (secondary N) is 1. The zero-order valence-corrected chi connectivity index (χ0v) is 16.0. The summed E-state index contributed by atoms with van der Waals surface area (Å²) in [7, 11) is 1.85. The standard InChI is InChI=1S/C18H19ClFN7O/c1-25-17-13(9-23-25)18(22-11-21-17)27-6-4-26(5-7-27)10-16(28)24-15-3-2-12(20)8-14(15)19/h2-3,8-9,11H,4-7,10H2,1H3,(H,24,28). The lowest BCUT2D eigenvalue weighted by Crippen LogP contribution is -2.49. The molecule has 1 amide bonds. The molecule has 4 rings (SSSR count). The topological polar surface area (TPSA) is 79.2 Å². The van der Waals surface area contributed by atoms with Crippen molar-refractivity contribution in [3.63, 3.8) is 0 Å². The summed E-state index contributed by atoms with van der Waals surface area (Å²) in [5.41, 5.74) is 1.20. The molecule has 1 saturated heterocycles. The summed E-state index contributed by atoms with van der Waals surface area (Å²) < 4.78 is 14.8. The number of piperazine rings is 1. The van der Waals surface area contributed by atoms with Crippen LogP contribution in [-0.4, -0.2) is 63.3 Å². The number of aromatic nitrogens is 4. The molecular weight excluding hydrogens is 385 g/mol. The molecule has 3 aromatic rings. The van der Waals surface area contributed by atoms with Gasteiger partial charge in [-0.1, -0.05) is 11.6 Å². The average Bonchev–Trinajstić information content (AvgIpc) is 3.06. The molecule has 0 spiro atoms. The van der Waals surface area contributed by atoms with Gasteiger partial charge in [0.2, 0.25) is 5.91 Å². The molecule has 1 aliphatic rings. The van der Waals surface area contributed by atoms with Crippen LogP contribution < -0.4 is 10.2 Å². The van der Waals surface area contributed by atoms with E-state index in [1.165, 1.54) is 18.2 Å². The Labute approximate surface area is 165 Å². The van der Waals surface area contributed by atoms with Crippen LogP contribution in [0.5, 0.6) is 0 Å². The molecule has 0 atom stereocenters. The molecule has 0 bridgehead atoms. The number of hydrogen-bond acceptors (Lipinski definition) is 6. The maximum absolute atomic E-state index is 13.1. The summed E-state index contributed by atoms with van der Waals surface area (Å²) in [4.78, 5) is 25.2. The Bertz CT molecular complexity index is 1020. The molecule has 1 N–H and O–H groups in total. The molecule has 0 radical (unpaired) electrons. The van der Waals surface area contributed by atoms with Crippen molar-refractivity contribution in [2.75, 3.05) is 42.9 Å². The highest BCUT2D eigenvalue weighted by Gasteiger charge is 2.22. The largest absolute Gasteiger partial charge is 0.353 e. The molecule has 1 fully saturated rings. The third kappa shape index (κ3) is 3.76. The van der Waals surface area contributed by atoms with E-state index in [4.69, 9.17) is 11.6 Å². The van der Waals surface area contributed by atoms with Gasteiger partial charge in [0, 0.05) is 33.2 Å². The van der Waals surface area contributed by atoms with E-state index in [1.54, 1.807) is 17.2 Å². The van der Waals surface area contributed by atoms with Gasteiger partial charge in [-0.05, 0) is 18.2 Å². The number of anilines is 2. The third-order valence-electron chi connectivity index (χ3n) is 4.75. The first kappa shape index (κ1) is 18.6. The number of amides is 1. The lowest BCUT2D eigenvalue weighted by atomic mass is 10.2. The molecular formula is C18H19ClFN7O. The van der Waals surface area contributed by atoms with Crippen LogP contribution in [0.15, 0.2) is 30.7 Å². The fourth-order valence-corrected chi connectivity index (χ4v) is 3.52. The van der Waals surface area contributed by atoms with Crippen LogP contribution in [0.25, 0.3) is 11.0 Å². The first-order valence-corrected chi connectivity index (χ1v) is 9.24. The zero-order valence-electron chi connectivity index (χ0n) is 15.3. The van der Waals surface area contributed by atoms with Crippen molar-refractivity contribution in [2.24, 2.45) is 7.05 Å². The summed E-state index contributed by atoms with van der Waals surface area (Å²) in [6.07, 6.45) is 3.32. The second kappa shape index (κ2) is 7.69. The number of benzene rings is 1. The predicted molar refractivity (Wildman–Crippen MR) is 105 cm³/mol. The summed E-state index contributed by atoms with van der Waals surface area (Å²) in [6.45, 7) is 3.16. The minimum absolute atomic E-state index is 0.182. The smallest absolute Gasteiger partial charge is 0.238 e. The number of rotatable bonds is 4. The van der Waals surface area contributed by atoms with Crippen molar-refractivity contribution in [1.82, 2.24) is 24.6 Å². The van der Waals surface area contributed by atoms with Crippen LogP contribution in [0.4, 0.5) is 15.9 Å². The van der Waals surface area contributed by atoms with Gasteiger partial charge >= 0.3 is 0 Å². The Morgan fingerprint density at radius 2 is 2.04 bits per heavy atom. The van der Waals surface area contributed by atoms with E-state index >= 15 is 0 Å². The summed E-state index contributed by atoms with van der Waals surface area (Å²) >= 11 is 5.96. The van der Waals surface area contributed by atoms with Crippen molar-refractivity contribution < 1.29 is 9.18 Å². The molecule has 28 heavy (non-hydrogen) atoms. The Kier molecular flexibility index (Phi) is 5.10. The quantitative estimate of drug-likeness (QED) is 0.717. The minimum Gasteiger partial charge on any atom is -0.353 e. The number of nitrogens with zero attached hydrogens (tertiary/aromatic N) is 6. The normalized spacial score (nSPS) is 15.2. The van der Waals surface area contributed by atoms with Crippen LogP contribution in [0.3, 0.4) is 0 Å². The molecule has 146 valence electrons. The van der Waals surface area contributed by atoms with Gasteiger partial charge in [-0.15, -0.1) is 0 Å². The van der Waals surface area contributed by atoms with Crippen LogP contribution in [0.2, 0.25) is 5.02 Å². The van der Waals surface area contributed by atoms with Crippen molar-refractivity contribution in [3.8, 4) is 0 Å². The van der Waals surface area contributed by atoms with Crippen LogP contribution in [0.1, 0.15) is 0 Å². The fourth-order valence-electron chi connectivity index (χ4n) is 3.30. The molecule has 0 aliphatic carbocycles. The second-order valence-corrected chi connectivity index (χ2v) is 7.05. The average molecular weight is 404 g/mol. The first-order valence-electron chi connectivity index (χ1n) is 8.86. The number of hydrogen-bond donors (Lipinski definition) is 1. The van der Waals surface area contributed by atoms with Gasteiger partial charge in [-0.25, -0.2) is 14.4 Å². The van der Waals surface area contributed by atoms with Crippen LogP contribution in [-0.2, 0) is 11.8 Å². The van der Waals surface area contributed by atoms with Crippen molar-refractivity contribution >= 4 is 40.0 Å². The van der Waals surface area contributed by atoms with E-state index in [2.05, 4.69) is 30.2 Å². The molecule has 0 unspecified atom stereocenters. The van der Waals surface area contributed by atoms with Gasteiger partial charge in [0.15, 0.2) is 5.65 Å². The van der Waals surface area contributed by atoms with E-state index in [1.807, 2.05) is 7.05 Å². The lowest BCUT2D eigenvalue weighted by Gasteiger charge is -2.35. The van der Waals surface area contributed by atoms with Gasteiger partial charge in [-0.2, -0.15) is 5.10 Å². The number of aryl methyl sites for hydroxylation is 1. The Morgan fingerprint density at radius 3 is 2.79 bits per heavy atom. The van der Waals surface area contributed by atoms with Gasteiger partial charge in [0.25, 0.3) is 0 Å². The van der Waals surface area contributed by atoms with E-state index in [0.717, 1.165) is 43.0 Å². The molecule has 2 aromatic heterocycles. The number of halogens is 2. The van der Waals surface area contributed by atoms with Gasteiger partial charge in [0.05, 0.1) is 28.8 Å². The number of fused-ring (bicyclic) bond motifs is 1. The monoisotopic (exact) mass is 403 g/mol. The van der Waals surface area contributed by atoms with E-state index in [-0.39, 0.29) is 17.5 Å². The molecule has 8 nitrogen and oxygen atoms in total. The molecule has 1 aliphatic heterocycles. The Morgan fingerprint density at radius 1 is 1.25 bits per heavy atom. The predicted octanol–water partition coefficient (Wildman–Crippen LogP) is 1.92. The second-order valence-electron chi connectivity index (χ2n) is 6.64. The summed E-state index contributed by atoms with van der Waals surface area (Å²) in [5.74, 6) is 0.241. The Hall–Kier alpha value is -2.78. The maximum Gasteiger partial charge on any atom is 0.238 e. The summed E-state index contributed by atoms with van der Waals surface area (Å²) in [5, 5.41) is 8.08. The lowest BCUT2D eigenvalue weighted by molar-refractivity contribution is -0.117. The highest BCUT2D eigenvalue weighted by Crippen LogP contribution is 2.24.